The zero-order valence-corrected chi connectivity index (χ0v) is 16.5. The van der Waals surface area contributed by atoms with Gasteiger partial charge in [-0.25, -0.2) is 9.59 Å². The van der Waals surface area contributed by atoms with Gasteiger partial charge in [0.2, 0.25) is 5.91 Å². The van der Waals surface area contributed by atoms with E-state index in [4.69, 9.17) is 14.2 Å². The summed E-state index contributed by atoms with van der Waals surface area (Å²) in [6, 6.07) is 5.69. The van der Waals surface area contributed by atoms with Crippen LogP contribution in [-0.2, 0) is 23.9 Å². The van der Waals surface area contributed by atoms with Crippen molar-refractivity contribution >= 4 is 29.6 Å². The fraction of sp³-hybridized carbons (Fsp3) is 0.421. The Hall–Kier alpha value is -2.48. The highest BCUT2D eigenvalue weighted by atomic mass is 32.2. The van der Waals surface area contributed by atoms with Gasteiger partial charge in [-0.2, -0.15) is 0 Å². The second-order valence-electron chi connectivity index (χ2n) is 5.90. The molecule has 7 nitrogen and oxygen atoms in total. The molecule has 0 unspecified atom stereocenters. The molecule has 0 N–H and O–H groups in total. The van der Waals surface area contributed by atoms with Crippen molar-refractivity contribution in [2.75, 3.05) is 32.1 Å². The second kappa shape index (κ2) is 10.0. The van der Waals surface area contributed by atoms with Crippen LogP contribution in [0, 0.1) is 13.8 Å². The predicted octanol–water partition coefficient (Wildman–Crippen LogP) is 2.21. The molecule has 0 atom stereocenters. The number of hydrogen-bond acceptors (Lipinski definition) is 7. The van der Waals surface area contributed by atoms with Gasteiger partial charge in [0.1, 0.15) is 12.4 Å². The summed E-state index contributed by atoms with van der Waals surface area (Å²) in [4.78, 5) is 36.7. The molecule has 1 aromatic rings. The number of nitrogens with zero attached hydrogens (tertiary/aromatic N) is 1. The molecule has 1 amide bonds. The van der Waals surface area contributed by atoms with E-state index in [9.17, 15) is 14.4 Å². The standard InChI is InChI=1S/C19H23NO6S/c1-4-24-18(22)10-17-20(16(21)12-27-17)5-6-25-19(23)11-26-15-8-13(2)7-14(3)9-15/h7-10H,4-6,11-12H2,1-3H3/b17-10+. The fourth-order valence-corrected chi connectivity index (χ4v) is 3.46. The number of esters is 2. The zero-order chi connectivity index (χ0) is 19.8. The van der Waals surface area contributed by atoms with Crippen molar-refractivity contribution in [3.8, 4) is 5.75 Å². The van der Waals surface area contributed by atoms with Crippen molar-refractivity contribution in [1.82, 2.24) is 4.90 Å². The van der Waals surface area contributed by atoms with Crippen molar-refractivity contribution in [1.29, 1.82) is 0 Å². The Morgan fingerprint density at radius 1 is 1.19 bits per heavy atom. The van der Waals surface area contributed by atoms with E-state index < -0.39 is 11.9 Å². The summed E-state index contributed by atoms with van der Waals surface area (Å²) in [6.07, 6.45) is 1.28. The first-order valence-electron chi connectivity index (χ1n) is 8.57. The van der Waals surface area contributed by atoms with Crippen molar-refractivity contribution in [3.05, 3.63) is 40.4 Å². The summed E-state index contributed by atoms with van der Waals surface area (Å²) < 4.78 is 15.4. The van der Waals surface area contributed by atoms with E-state index in [1.807, 2.05) is 32.0 Å². The summed E-state index contributed by atoms with van der Waals surface area (Å²) in [5, 5.41) is 0.501. The monoisotopic (exact) mass is 393 g/mol. The first-order valence-corrected chi connectivity index (χ1v) is 9.56. The molecule has 27 heavy (non-hydrogen) atoms. The molecular formula is C19H23NO6S. The Morgan fingerprint density at radius 2 is 1.89 bits per heavy atom. The molecule has 1 aromatic carbocycles. The fourth-order valence-electron chi connectivity index (χ4n) is 2.50. The average Bonchev–Trinajstić information content (AvgIpc) is 2.92. The van der Waals surface area contributed by atoms with Gasteiger partial charge in [-0.1, -0.05) is 17.8 Å². The molecule has 0 radical (unpaired) electrons. The Morgan fingerprint density at radius 3 is 2.56 bits per heavy atom. The number of thioether (sulfide) groups is 1. The van der Waals surface area contributed by atoms with Crippen LogP contribution in [0.2, 0.25) is 0 Å². The number of rotatable bonds is 8. The van der Waals surface area contributed by atoms with Crippen LogP contribution in [0.4, 0.5) is 0 Å². The largest absolute Gasteiger partial charge is 0.482 e. The van der Waals surface area contributed by atoms with Gasteiger partial charge < -0.3 is 19.1 Å². The van der Waals surface area contributed by atoms with Gasteiger partial charge in [-0.15, -0.1) is 0 Å². The molecule has 2 rings (SSSR count). The number of aryl methyl sites for hydroxylation is 2. The normalized spacial score (nSPS) is 15.1. The van der Waals surface area contributed by atoms with E-state index >= 15 is 0 Å². The first-order chi connectivity index (χ1) is 12.9. The van der Waals surface area contributed by atoms with Crippen molar-refractivity contribution in [3.63, 3.8) is 0 Å². The van der Waals surface area contributed by atoms with Crippen molar-refractivity contribution in [2.24, 2.45) is 0 Å². The summed E-state index contributed by atoms with van der Waals surface area (Å²) in [6.45, 7) is 5.85. The molecule has 0 saturated carbocycles. The number of amides is 1. The highest BCUT2D eigenvalue weighted by molar-refractivity contribution is 8.04. The smallest absolute Gasteiger partial charge is 0.344 e. The molecule has 0 spiro atoms. The minimum Gasteiger partial charge on any atom is -0.482 e. The predicted molar refractivity (Wildman–Crippen MR) is 101 cm³/mol. The molecule has 1 heterocycles. The maximum absolute atomic E-state index is 11.9. The maximum Gasteiger partial charge on any atom is 0.344 e. The SMILES string of the molecule is CCOC(=O)/C=C1/SCC(=O)N1CCOC(=O)COc1cc(C)cc(C)c1. The lowest BCUT2D eigenvalue weighted by Gasteiger charge is -2.17. The Kier molecular flexibility index (Phi) is 7.72. The van der Waals surface area contributed by atoms with Gasteiger partial charge in [-0.05, 0) is 44.0 Å². The lowest BCUT2D eigenvalue weighted by Crippen LogP contribution is -2.30. The zero-order valence-electron chi connectivity index (χ0n) is 15.6. The van der Waals surface area contributed by atoms with Crippen LogP contribution in [0.3, 0.4) is 0 Å². The van der Waals surface area contributed by atoms with Crippen molar-refractivity contribution < 1.29 is 28.6 Å². The lowest BCUT2D eigenvalue weighted by molar-refractivity contribution is -0.147. The second-order valence-corrected chi connectivity index (χ2v) is 6.90. The van der Waals surface area contributed by atoms with Gasteiger partial charge in [-0.3, -0.25) is 4.79 Å². The van der Waals surface area contributed by atoms with Crippen LogP contribution in [0.5, 0.6) is 5.75 Å². The molecule has 0 aliphatic carbocycles. The van der Waals surface area contributed by atoms with Gasteiger partial charge in [0.15, 0.2) is 6.61 Å². The molecule has 1 aliphatic heterocycles. The minimum atomic E-state index is -0.524. The van der Waals surface area contributed by atoms with E-state index in [0.717, 1.165) is 11.1 Å². The minimum absolute atomic E-state index is 0.0154. The van der Waals surface area contributed by atoms with E-state index in [-0.39, 0.29) is 38.0 Å². The Labute approximate surface area is 162 Å². The van der Waals surface area contributed by atoms with Crippen LogP contribution in [0.15, 0.2) is 29.3 Å². The van der Waals surface area contributed by atoms with E-state index in [2.05, 4.69) is 0 Å². The molecule has 1 saturated heterocycles. The molecule has 0 aromatic heterocycles. The molecule has 0 bridgehead atoms. The van der Waals surface area contributed by atoms with E-state index in [0.29, 0.717) is 10.8 Å². The van der Waals surface area contributed by atoms with E-state index in [1.54, 1.807) is 6.92 Å². The van der Waals surface area contributed by atoms with Crippen LogP contribution in [0.1, 0.15) is 18.1 Å². The van der Waals surface area contributed by atoms with Gasteiger partial charge in [0, 0.05) is 0 Å². The summed E-state index contributed by atoms with van der Waals surface area (Å²) in [5.74, 6) is -0.314. The van der Waals surface area contributed by atoms with Gasteiger partial charge in [0.25, 0.3) is 0 Å². The van der Waals surface area contributed by atoms with Crippen LogP contribution < -0.4 is 4.74 Å². The summed E-state index contributed by atoms with van der Waals surface area (Å²) in [5.41, 5.74) is 2.09. The van der Waals surface area contributed by atoms with Crippen LogP contribution in [-0.4, -0.2) is 54.9 Å². The Bertz CT molecular complexity index is 725. The molecule has 8 heteroatoms. The molecule has 1 fully saturated rings. The summed E-state index contributed by atoms with van der Waals surface area (Å²) in [7, 11) is 0. The highest BCUT2D eigenvalue weighted by Gasteiger charge is 2.27. The number of carbonyl (C=O) groups is 3. The number of benzene rings is 1. The summed E-state index contributed by atoms with van der Waals surface area (Å²) >= 11 is 1.25. The van der Waals surface area contributed by atoms with Crippen LogP contribution >= 0.6 is 11.8 Å². The number of ether oxygens (including phenoxy) is 3. The number of carbonyl (C=O) groups excluding carboxylic acids is 3. The third-order valence-electron chi connectivity index (χ3n) is 3.57. The third kappa shape index (κ3) is 6.63. The van der Waals surface area contributed by atoms with Crippen LogP contribution in [0.25, 0.3) is 0 Å². The highest BCUT2D eigenvalue weighted by Crippen LogP contribution is 2.28. The van der Waals surface area contributed by atoms with Crippen molar-refractivity contribution in [2.45, 2.75) is 20.8 Å². The molecule has 146 valence electrons. The number of hydrogen-bond donors (Lipinski definition) is 0. The quantitative estimate of drug-likeness (QED) is 0.495. The first kappa shape index (κ1) is 20.8. The van der Waals surface area contributed by atoms with E-state index in [1.165, 1.54) is 22.7 Å². The maximum atomic E-state index is 11.9. The Balaban J connectivity index is 1.79. The lowest BCUT2D eigenvalue weighted by atomic mass is 10.1. The van der Waals surface area contributed by atoms with Gasteiger partial charge in [0.05, 0.1) is 30.0 Å². The topological polar surface area (TPSA) is 82.1 Å². The molecular weight excluding hydrogens is 370 g/mol. The van der Waals surface area contributed by atoms with Gasteiger partial charge >= 0.3 is 11.9 Å². The third-order valence-corrected chi connectivity index (χ3v) is 4.59. The molecule has 1 aliphatic rings. The average molecular weight is 393 g/mol.